The van der Waals surface area contributed by atoms with Gasteiger partial charge in [0.05, 0.1) is 26.2 Å². The summed E-state index contributed by atoms with van der Waals surface area (Å²) in [7, 11) is 0. The summed E-state index contributed by atoms with van der Waals surface area (Å²) in [4.78, 5) is 12.0. The van der Waals surface area contributed by atoms with E-state index in [1.54, 1.807) is 0 Å². The molecule has 0 aromatic heterocycles. The first-order valence-corrected chi connectivity index (χ1v) is 9.25. The molecule has 1 saturated heterocycles. The molecule has 3 nitrogen and oxygen atoms in total. The molecule has 3 heteroatoms. The van der Waals surface area contributed by atoms with Gasteiger partial charge in [-0.25, -0.2) is 4.79 Å². The fourth-order valence-electron chi connectivity index (χ4n) is 3.52. The highest BCUT2D eigenvalue weighted by atomic mass is 16.5. The van der Waals surface area contributed by atoms with Crippen LogP contribution in [0.5, 0.6) is 0 Å². The van der Waals surface area contributed by atoms with E-state index in [1.807, 2.05) is 6.92 Å². The Morgan fingerprint density at radius 3 is 2.46 bits per heavy atom. The van der Waals surface area contributed by atoms with Gasteiger partial charge in [0.15, 0.2) is 6.54 Å². The van der Waals surface area contributed by atoms with Gasteiger partial charge in [0.25, 0.3) is 0 Å². The Hall–Kier alpha value is -1.61. The summed E-state index contributed by atoms with van der Waals surface area (Å²) < 4.78 is 6.07. The molecule has 0 N–H and O–H groups in total. The number of benzene rings is 1. The Bertz CT molecular complexity index is 554. The minimum Gasteiger partial charge on any atom is -0.462 e. The number of aryl methyl sites for hydroxylation is 1. The van der Waals surface area contributed by atoms with Crippen LogP contribution in [0.2, 0.25) is 0 Å². The lowest BCUT2D eigenvalue weighted by atomic mass is 10.0. The van der Waals surface area contributed by atoms with Crippen LogP contribution in [0.25, 0.3) is 0 Å². The molecule has 1 aromatic carbocycles. The highest BCUT2D eigenvalue weighted by molar-refractivity contribution is 5.70. The molecule has 0 atom stereocenters. The van der Waals surface area contributed by atoms with Gasteiger partial charge in [-0.15, -0.1) is 0 Å². The number of hydrogen-bond acceptors (Lipinski definition) is 2. The third-order valence-corrected chi connectivity index (χ3v) is 4.97. The molecule has 0 unspecified atom stereocenters. The largest absolute Gasteiger partial charge is 0.462 e. The molecular formula is C21H32NO2+. The van der Waals surface area contributed by atoms with E-state index < -0.39 is 0 Å². The van der Waals surface area contributed by atoms with E-state index in [-0.39, 0.29) is 5.97 Å². The van der Waals surface area contributed by atoms with Crippen molar-refractivity contribution in [2.24, 2.45) is 0 Å². The van der Waals surface area contributed by atoms with Crippen LogP contribution in [0.1, 0.15) is 44.2 Å². The Balaban J connectivity index is 1.99. The Morgan fingerprint density at radius 1 is 1.17 bits per heavy atom. The van der Waals surface area contributed by atoms with Crippen LogP contribution >= 0.6 is 0 Å². The monoisotopic (exact) mass is 330 g/mol. The molecule has 0 bridgehead atoms. The van der Waals surface area contributed by atoms with E-state index in [4.69, 9.17) is 4.74 Å². The van der Waals surface area contributed by atoms with Gasteiger partial charge in [-0.2, -0.15) is 0 Å². The van der Waals surface area contributed by atoms with Crippen molar-refractivity contribution in [3.05, 3.63) is 47.0 Å². The zero-order valence-corrected chi connectivity index (χ0v) is 15.5. The number of quaternary nitrogens is 1. The lowest BCUT2D eigenvalue weighted by Crippen LogP contribution is -2.54. The van der Waals surface area contributed by atoms with Crippen LogP contribution in [-0.4, -0.2) is 43.2 Å². The van der Waals surface area contributed by atoms with E-state index in [2.05, 4.69) is 44.2 Å². The molecule has 0 aliphatic carbocycles. The molecule has 0 saturated carbocycles. The molecule has 1 aliphatic heterocycles. The second-order valence-corrected chi connectivity index (χ2v) is 7.21. The van der Waals surface area contributed by atoms with E-state index in [9.17, 15) is 4.79 Å². The van der Waals surface area contributed by atoms with Crippen LogP contribution in [0.15, 0.2) is 35.9 Å². The van der Waals surface area contributed by atoms with E-state index in [0.29, 0.717) is 13.2 Å². The van der Waals surface area contributed by atoms with Crippen molar-refractivity contribution in [2.75, 3.05) is 32.8 Å². The van der Waals surface area contributed by atoms with Crippen LogP contribution in [-0.2, 0) is 16.0 Å². The fourth-order valence-corrected chi connectivity index (χ4v) is 3.52. The predicted octanol–water partition coefficient (Wildman–Crippen LogP) is 4.05. The fraction of sp³-hybridized carbons (Fsp3) is 0.571. The SMILES string of the molecule is CCOC(=O)C[N+]1(C/C=C(\C)Cc2ccc(C)cc2)CCCCC1. The van der Waals surface area contributed by atoms with Gasteiger partial charge in [-0.05, 0) is 58.1 Å². The highest BCUT2D eigenvalue weighted by Gasteiger charge is 2.32. The number of piperidine rings is 1. The Kier molecular flexibility index (Phi) is 7.04. The molecule has 0 amide bonds. The summed E-state index contributed by atoms with van der Waals surface area (Å²) in [6, 6.07) is 8.75. The minimum absolute atomic E-state index is 0.0519. The Morgan fingerprint density at radius 2 is 1.83 bits per heavy atom. The van der Waals surface area contributed by atoms with Gasteiger partial charge in [-0.1, -0.05) is 35.4 Å². The van der Waals surface area contributed by atoms with Crippen molar-refractivity contribution in [3.8, 4) is 0 Å². The van der Waals surface area contributed by atoms with Crippen molar-refractivity contribution >= 4 is 5.97 Å². The molecule has 1 aliphatic rings. The van der Waals surface area contributed by atoms with E-state index in [1.165, 1.54) is 36.0 Å². The van der Waals surface area contributed by atoms with Crippen molar-refractivity contribution in [2.45, 2.75) is 46.5 Å². The molecule has 132 valence electrons. The molecule has 1 heterocycles. The molecule has 24 heavy (non-hydrogen) atoms. The number of nitrogens with zero attached hydrogens (tertiary/aromatic N) is 1. The van der Waals surface area contributed by atoms with Crippen LogP contribution in [0, 0.1) is 6.92 Å². The molecule has 1 fully saturated rings. The average molecular weight is 330 g/mol. The predicted molar refractivity (Wildman–Crippen MR) is 98.9 cm³/mol. The maximum absolute atomic E-state index is 12.0. The summed E-state index contributed by atoms with van der Waals surface area (Å²) in [5.41, 5.74) is 4.03. The first kappa shape index (κ1) is 18.7. The maximum Gasteiger partial charge on any atom is 0.361 e. The van der Waals surface area contributed by atoms with Crippen molar-refractivity contribution < 1.29 is 14.0 Å². The lowest BCUT2D eigenvalue weighted by Gasteiger charge is -2.40. The van der Waals surface area contributed by atoms with Gasteiger partial charge in [-0.3, -0.25) is 0 Å². The second kappa shape index (κ2) is 9.03. The third kappa shape index (κ3) is 5.79. The smallest absolute Gasteiger partial charge is 0.361 e. The number of allylic oxidation sites excluding steroid dienone is 1. The van der Waals surface area contributed by atoms with E-state index >= 15 is 0 Å². The van der Waals surface area contributed by atoms with Crippen LogP contribution in [0.4, 0.5) is 0 Å². The summed E-state index contributed by atoms with van der Waals surface area (Å²) in [5, 5.41) is 0. The number of ether oxygens (including phenoxy) is 1. The zero-order valence-electron chi connectivity index (χ0n) is 15.5. The van der Waals surface area contributed by atoms with Gasteiger partial charge in [0.2, 0.25) is 0 Å². The lowest BCUT2D eigenvalue weighted by molar-refractivity contribution is -0.920. The van der Waals surface area contributed by atoms with Crippen molar-refractivity contribution in [1.29, 1.82) is 0 Å². The topological polar surface area (TPSA) is 26.3 Å². The van der Waals surface area contributed by atoms with Gasteiger partial charge in [0, 0.05) is 0 Å². The van der Waals surface area contributed by atoms with Crippen molar-refractivity contribution in [3.63, 3.8) is 0 Å². The van der Waals surface area contributed by atoms with Crippen molar-refractivity contribution in [1.82, 2.24) is 0 Å². The molecule has 0 radical (unpaired) electrons. The maximum atomic E-state index is 12.0. The number of carbonyl (C=O) groups excluding carboxylic acids is 1. The summed E-state index contributed by atoms with van der Waals surface area (Å²) in [6.07, 6.45) is 7.04. The zero-order chi connectivity index (χ0) is 17.4. The van der Waals surface area contributed by atoms with Gasteiger partial charge in [0.1, 0.15) is 0 Å². The van der Waals surface area contributed by atoms with E-state index in [0.717, 1.165) is 30.5 Å². The Labute approximate surface area is 146 Å². The molecule has 1 aromatic rings. The summed E-state index contributed by atoms with van der Waals surface area (Å²) in [5.74, 6) is -0.0519. The average Bonchev–Trinajstić information content (AvgIpc) is 2.56. The van der Waals surface area contributed by atoms with Gasteiger partial charge >= 0.3 is 5.97 Å². The normalized spacial score (nSPS) is 17.5. The number of likely N-dealkylation sites (tertiary alicyclic amines) is 1. The summed E-state index contributed by atoms with van der Waals surface area (Å²) >= 11 is 0. The number of carbonyl (C=O) groups is 1. The summed E-state index contributed by atoms with van der Waals surface area (Å²) in [6.45, 7) is 10.3. The number of hydrogen-bond donors (Lipinski definition) is 0. The molecule has 0 spiro atoms. The molecular weight excluding hydrogens is 298 g/mol. The first-order valence-electron chi connectivity index (χ1n) is 9.25. The van der Waals surface area contributed by atoms with Crippen LogP contribution in [0.3, 0.4) is 0 Å². The number of esters is 1. The first-order chi connectivity index (χ1) is 11.5. The third-order valence-electron chi connectivity index (χ3n) is 4.97. The number of rotatable bonds is 7. The van der Waals surface area contributed by atoms with Crippen LogP contribution < -0.4 is 0 Å². The minimum atomic E-state index is -0.0519. The quantitative estimate of drug-likeness (QED) is 0.428. The standard InChI is InChI=1S/C21H32NO2/c1-4-24-21(23)17-22(13-6-5-7-14-22)15-12-19(3)16-20-10-8-18(2)9-11-20/h8-12H,4-7,13-17H2,1-3H3/q+1/b19-12+. The van der Waals surface area contributed by atoms with Gasteiger partial charge < -0.3 is 9.22 Å². The highest BCUT2D eigenvalue weighted by Crippen LogP contribution is 2.20. The second-order valence-electron chi connectivity index (χ2n) is 7.21. The molecule has 2 rings (SSSR count).